The van der Waals surface area contributed by atoms with Crippen LogP contribution in [0.3, 0.4) is 0 Å². The van der Waals surface area contributed by atoms with E-state index >= 15 is 0 Å². The number of hydrogen-bond donors (Lipinski definition) is 0. The zero-order valence-electron chi connectivity index (χ0n) is 16.3. The number of anilines is 2. The van der Waals surface area contributed by atoms with Gasteiger partial charge in [-0.05, 0) is 30.5 Å². The van der Waals surface area contributed by atoms with E-state index in [1.54, 1.807) is 0 Å². The maximum atomic E-state index is 12.9. The zero-order valence-corrected chi connectivity index (χ0v) is 17.2. The van der Waals surface area contributed by atoms with Gasteiger partial charge in [-0.15, -0.1) is 12.4 Å². The molecule has 0 fully saturated rings. The number of methoxy groups -OCH3 is 1. The van der Waals surface area contributed by atoms with Crippen molar-refractivity contribution in [2.24, 2.45) is 4.99 Å². The zero-order chi connectivity index (χ0) is 19.5. The summed E-state index contributed by atoms with van der Waals surface area (Å²) in [7, 11) is 1.39. The molecule has 7 heteroatoms. The average Bonchev–Trinajstić information content (AvgIpc) is 3.06. The molecule has 0 atom stereocenters. The Morgan fingerprint density at radius 3 is 2.52 bits per heavy atom. The van der Waals surface area contributed by atoms with Gasteiger partial charge >= 0.3 is 5.97 Å². The van der Waals surface area contributed by atoms with E-state index in [2.05, 4.69) is 20.7 Å². The van der Waals surface area contributed by atoms with Crippen LogP contribution in [0, 0.1) is 0 Å². The van der Waals surface area contributed by atoms with Crippen molar-refractivity contribution in [1.82, 2.24) is 0 Å². The molecule has 4 rings (SSSR count). The standard InChI is InChI=1S/C22H23N3O3.ClH/c1-28-21(27)12-9-16-7-10-17(11-8-16)20(26)15-25-19-6-3-2-5-18(19)24-14-4-13-23-22(24)25;/h2-3,5-8,10-11H,4,9,12-15H2,1H3;1H. The first-order valence-electron chi connectivity index (χ1n) is 9.55. The van der Waals surface area contributed by atoms with Gasteiger partial charge in [0.05, 0.1) is 25.0 Å². The van der Waals surface area contributed by atoms with Crippen molar-refractivity contribution < 1.29 is 14.3 Å². The number of esters is 1. The van der Waals surface area contributed by atoms with Gasteiger partial charge in [0.2, 0.25) is 5.96 Å². The highest BCUT2D eigenvalue weighted by Gasteiger charge is 2.34. The van der Waals surface area contributed by atoms with Crippen LogP contribution in [0.1, 0.15) is 28.8 Å². The first kappa shape index (κ1) is 20.9. The molecule has 2 aromatic carbocycles. The van der Waals surface area contributed by atoms with Gasteiger partial charge in [0.25, 0.3) is 0 Å². The lowest BCUT2D eigenvalue weighted by molar-refractivity contribution is -0.140. The first-order valence-corrected chi connectivity index (χ1v) is 9.55. The Hall–Kier alpha value is -2.86. The average molecular weight is 414 g/mol. The number of nitrogens with zero attached hydrogens (tertiary/aromatic N) is 3. The largest absolute Gasteiger partial charge is 0.469 e. The molecule has 0 unspecified atom stereocenters. The molecule has 0 amide bonds. The van der Waals surface area contributed by atoms with E-state index in [0.717, 1.165) is 42.4 Å². The second-order valence-corrected chi connectivity index (χ2v) is 6.96. The molecule has 0 saturated heterocycles. The number of halogens is 1. The quantitative estimate of drug-likeness (QED) is 0.536. The molecule has 0 aliphatic carbocycles. The maximum Gasteiger partial charge on any atom is 0.305 e. The van der Waals surface area contributed by atoms with Gasteiger partial charge in [-0.3, -0.25) is 14.6 Å². The molecular formula is C22H24ClN3O3. The number of rotatable bonds is 6. The molecule has 2 aliphatic rings. The van der Waals surface area contributed by atoms with E-state index in [0.29, 0.717) is 18.4 Å². The Morgan fingerprint density at radius 2 is 1.79 bits per heavy atom. The number of benzene rings is 2. The molecule has 6 nitrogen and oxygen atoms in total. The monoisotopic (exact) mass is 413 g/mol. The molecule has 152 valence electrons. The van der Waals surface area contributed by atoms with Crippen LogP contribution >= 0.6 is 12.4 Å². The number of ether oxygens (including phenoxy) is 1. The smallest absolute Gasteiger partial charge is 0.305 e. The molecule has 0 N–H and O–H groups in total. The lowest BCUT2D eigenvalue weighted by atomic mass is 10.0. The number of ketones is 1. The van der Waals surface area contributed by atoms with E-state index in [4.69, 9.17) is 0 Å². The maximum absolute atomic E-state index is 12.9. The van der Waals surface area contributed by atoms with Gasteiger partial charge in [0, 0.05) is 25.1 Å². The van der Waals surface area contributed by atoms with Crippen molar-refractivity contribution >= 4 is 41.5 Å². The molecule has 0 aromatic heterocycles. The third kappa shape index (κ3) is 4.27. The summed E-state index contributed by atoms with van der Waals surface area (Å²) in [6, 6.07) is 15.6. The lowest BCUT2D eigenvalue weighted by Gasteiger charge is -2.26. The normalized spacial score (nSPS) is 14.4. The summed E-state index contributed by atoms with van der Waals surface area (Å²) in [5.74, 6) is 0.686. The third-order valence-corrected chi connectivity index (χ3v) is 5.16. The first-order chi connectivity index (χ1) is 13.7. The molecule has 0 spiro atoms. The van der Waals surface area contributed by atoms with Crippen LogP contribution in [0.2, 0.25) is 0 Å². The van der Waals surface area contributed by atoms with Crippen molar-refractivity contribution in [3.8, 4) is 0 Å². The van der Waals surface area contributed by atoms with Crippen LogP contribution in [-0.4, -0.2) is 44.5 Å². The van der Waals surface area contributed by atoms with Crippen molar-refractivity contribution in [3.63, 3.8) is 0 Å². The minimum Gasteiger partial charge on any atom is -0.469 e. The molecule has 2 aliphatic heterocycles. The summed E-state index contributed by atoms with van der Waals surface area (Å²) in [6.45, 7) is 1.97. The Morgan fingerprint density at radius 1 is 1.07 bits per heavy atom. The van der Waals surface area contributed by atoms with Crippen molar-refractivity contribution in [2.75, 3.05) is 36.5 Å². The molecular weight excluding hydrogens is 390 g/mol. The minimum absolute atomic E-state index is 0. The number of hydrogen-bond acceptors (Lipinski definition) is 6. The molecule has 0 bridgehead atoms. The third-order valence-electron chi connectivity index (χ3n) is 5.16. The second-order valence-electron chi connectivity index (χ2n) is 6.96. The fourth-order valence-corrected chi connectivity index (χ4v) is 3.68. The number of aliphatic imine (C=N–C) groups is 1. The summed E-state index contributed by atoms with van der Waals surface area (Å²) < 4.78 is 4.67. The Labute approximate surface area is 176 Å². The predicted molar refractivity (Wildman–Crippen MR) is 116 cm³/mol. The molecule has 2 heterocycles. The number of Topliss-reactive ketones (excluding diaryl/α,β-unsaturated/α-hetero) is 1. The summed E-state index contributed by atoms with van der Waals surface area (Å²) >= 11 is 0. The molecule has 29 heavy (non-hydrogen) atoms. The summed E-state index contributed by atoms with van der Waals surface area (Å²) in [6.07, 6.45) is 1.96. The van der Waals surface area contributed by atoms with Gasteiger partial charge in [0.15, 0.2) is 5.78 Å². The van der Waals surface area contributed by atoms with Crippen LogP contribution in [0.25, 0.3) is 0 Å². The van der Waals surface area contributed by atoms with E-state index in [1.807, 2.05) is 47.4 Å². The molecule has 0 saturated carbocycles. The van der Waals surface area contributed by atoms with Crippen LogP contribution in [0.5, 0.6) is 0 Å². The predicted octanol–water partition coefficient (Wildman–Crippen LogP) is 3.48. The van der Waals surface area contributed by atoms with Crippen LogP contribution in [0.15, 0.2) is 53.5 Å². The number of carbonyl (C=O) groups excluding carboxylic acids is 2. The highest BCUT2D eigenvalue weighted by atomic mass is 35.5. The Kier molecular flexibility index (Phi) is 6.54. The van der Waals surface area contributed by atoms with Crippen molar-refractivity contribution in [1.29, 1.82) is 0 Å². The number of aryl methyl sites for hydroxylation is 1. The van der Waals surface area contributed by atoms with Gasteiger partial charge in [-0.25, -0.2) is 0 Å². The Balaban J connectivity index is 0.00000240. The summed E-state index contributed by atoms with van der Waals surface area (Å²) in [4.78, 5) is 33.1. The Bertz CT molecular complexity index is 927. The van der Waals surface area contributed by atoms with Gasteiger partial charge in [-0.1, -0.05) is 36.4 Å². The SMILES string of the molecule is COC(=O)CCc1ccc(C(=O)CN2C3=NCCCN3c3ccccc32)cc1.Cl. The van der Waals surface area contributed by atoms with E-state index in [-0.39, 0.29) is 30.7 Å². The lowest BCUT2D eigenvalue weighted by Crippen LogP contribution is -2.43. The highest BCUT2D eigenvalue weighted by molar-refractivity contribution is 6.19. The fourth-order valence-electron chi connectivity index (χ4n) is 3.68. The highest BCUT2D eigenvalue weighted by Crippen LogP contribution is 2.38. The summed E-state index contributed by atoms with van der Waals surface area (Å²) in [5, 5.41) is 0. The van der Waals surface area contributed by atoms with E-state index < -0.39 is 0 Å². The number of guanidine groups is 1. The van der Waals surface area contributed by atoms with Gasteiger partial charge < -0.3 is 14.5 Å². The van der Waals surface area contributed by atoms with Crippen LogP contribution < -0.4 is 9.80 Å². The molecule has 2 aromatic rings. The van der Waals surface area contributed by atoms with E-state index in [1.165, 1.54) is 7.11 Å². The second kappa shape index (κ2) is 9.09. The summed E-state index contributed by atoms with van der Waals surface area (Å²) in [5.41, 5.74) is 3.82. The van der Waals surface area contributed by atoms with Crippen molar-refractivity contribution in [3.05, 3.63) is 59.7 Å². The van der Waals surface area contributed by atoms with Crippen LogP contribution in [-0.2, 0) is 16.0 Å². The fraction of sp³-hybridized carbons (Fsp3) is 0.318. The van der Waals surface area contributed by atoms with Crippen molar-refractivity contribution in [2.45, 2.75) is 19.3 Å². The number of para-hydroxylation sites is 2. The van der Waals surface area contributed by atoms with Crippen LogP contribution in [0.4, 0.5) is 11.4 Å². The van der Waals surface area contributed by atoms with E-state index in [9.17, 15) is 9.59 Å². The molecule has 0 radical (unpaired) electrons. The topological polar surface area (TPSA) is 62.2 Å². The van der Waals surface area contributed by atoms with Gasteiger partial charge in [0.1, 0.15) is 0 Å². The number of carbonyl (C=O) groups is 2. The number of fused-ring (bicyclic) bond motifs is 3. The minimum atomic E-state index is -0.231. The van der Waals surface area contributed by atoms with Gasteiger partial charge in [-0.2, -0.15) is 0 Å².